The van der Waals surface area contributed by atoms with Gasteiger partial charge in [0, 0.05) is 71.8 Å². The average molecular weight is 2100 g/mol. The van der Waals surface area contributed by atoms with E-state index in [4.69, 9.17) is 29.4 Å². The minimum Gasteiger partial charge on any atom is -0.495 e. The molecule has 0 saturated carbocycles. The Balaban J connectivity index is 0.000000116. The molecule has 23 rings (SSSR count). The molecule has 37 heteroatoms. The van der Waals surface area contributed by atoms with Crippen molar-refractivity contribution in [1.82, 2.24) is 82.6 Å². The van der Waals surface area contributed by atoms with E-state index in [1.54, 1.807) is 168 Å². The highest BCUT2D eigenvalue weighted by Crippen LogP contribution is 2.48. The number of H-pyrrole nitrogens is 5. The largest absolute Gasteiger partial charge is 0.495 e. The van der Waals surface area contributed by atoms with Gasteiger partial charge >= 0.3 is 0 Å². The van der Waals surface area contributed by atoms with Crippen LogP contribution in [0.5, 0.6) is 28.7 Å². The predicted octanol–water partition coefficient (Wildman–Crippen LogP) is 22.9. The number of benzene rings is 11. The number of carbonyl (C=O) groups excluding carboxylic acids is 6. The number of thiophene rings is 6. The molecule has 2 atom stereocenters. The van der Waals surface area contributed by atoms with Crippen molar-refractivity contribution in [3.8, 4) is 81.6 Å². The van der Waals surface area contributed by atoms with E-state index in [0.717, 1.165) is 129 Å². The van der Waals surface area contributed by atoms with Crippen LogP contribution in [0.2, 0.25) is 0 Å². The standard InChI is InChI=1S/C25H21N3O3S.C23H19N3O2S2.C22H18N4O2S2.C20H18N4O3S.C20H19N3O2S2/c1-31-24-17(25(30)26-19(14-29)15-7-3-2-4-8-15)11-12-18-22(24)23(28-27-18)21-13-16-9-5-6-10-20(16)32-21;1-28-22-16(23(27)24-11-10-15-6-4-12-29-15)8-9-17-20(22)21(26-25-17)19-13-14-5-2-3-7-18(14)30-19;1-28-21-14(22(27)24-9-8-18-23-10-11-29-18)6-7-15-19(21)20(26-25-15)17-12-13-4-2-3-5-16(13)30-17;1-10(19(21)25)22-20(26)12-7-8-13-16(18(12)27-2)17(24-23-13)15-9-11-5-3-4-6-14(11)28-15;1-25-19-13(20(24)21-9-10-26-2)7-8-14-17(19)18(23-22-14)16-11-12-5-3-4-6-15(12)27-16/h2-13,19,29H,14H2,1H3,(H,26,30)(H,27,28);2-9,12-13H,10-11H2,1H3,(H,24,27)(H,25,26);2-7,10-12H,8-9H2,1H3,(H,24,27)(H,25,26);3-10H,1-2H3,(H2,21,25)(H,22,26)(H,23,24);3-8,11H,9-10H2,1-2H3,(H,21,24)(H,22,23)/t19-;;;10-;/m1..0./s1. The zero-order valence-electron chi connectivity index (χ0n) is 80.0. The summed E-state index contributed by atoms with van der Waals surface area (Å²) in [7, 11) is 7.83. The maximum absolute atomic E-state index is 13.2. The second kappa shape index (κ2) is 45.5. The van der Waals surface area contributed by atoms with Gasteiger partial charge in [0.05, 0.1) is 188 Å². The van der Waals surface area contributed by atoms with Gasteiger partial charge in [-0.15, -0.1) is 79.4 Å². The number of rotatable bonds is 29. The van der Waals surface area contributed by atoms with E-state index in [0.29, 0.717) is 99.0 Å². The Kier molecular flexibility index (Phi) is 30.9. The number of aliphatic hydroxyl groups is 1. The first-order valence-electron chi connectivity index (χ1n) is 46.4. The summed E-state index contributed by atoms with van der Waals surface area (Å²) in [5.41, 5.74) is 16.2. The maximum atomic E-state index is 13.2. The van der Waals surface area contributed by atoms with Crippen molar-refractivity contribution in [3.63, 3.8) is 0 Å². The molecule has 0 aliphatic carbocycles. The van der Waals surface area contributed by atoms with Gasteiger partial charge in [0.1, 0.15) is 34.8 Å². The van der Waals surface area contributed by atoms with Gasteiger partial charge in [0.25, 0.3) is 29.5 Å². The number of hydrogen-bond donors (Lipinski definition) is 12. The van der Waals surface area contributed by atoms with Crippen molar-refractivity contribution in [2.24, 2.45) is 5.73 Å². The number of hydrogen-bond acceptors (Lipinski definition) is 26. The molecule has 0 saturated heterocycles. The van der Waals surface area contributed by atoms with Gasteiger partial charge in [-0.2, -0.15) is 37.3 Å². The first-order valence-corrected chi connectivity index (χ1v) is 53.6. The number of aliphatic hydroxyl groups excluding tert-OH is 1. The Morgan fingerprint density at radius 2 is 0.680 bits per heavy atom. The van der Waals surface area contributed by atoms with Gasteiger partial charge in [-0.05, 0) is 185 Å². The monoisotopic (exact) mass is 2100 g/mol. The van der Waals surface area contributed by atoms with Crippen LogP contribution in [-0.4, -0.2) is 176 Å². The number of methoxy groups -OCH3 is 5. The van der Waals surface area contributed by atoms with Gasteiger partial charge in [-0.1, -0.05) is 127 Å². The van der Waals surface area contributed by atoms with Crippen LogP contribution in [0.25, 0.3) is 158 Å². The molecule has 147 heavy (non-hydrogen) atoms. The first kappa shape index (κ1) is 99.7. The Labute approximate surface area is 872 Å². The van der Waals surface area contributed by atoms with Crippen molar-refractivity contribution >= 4 is 232 Å². The fourth-order valence-corrected chi connectivity index (χ4v) is 24.2. The summed E-state index contributed by atoms with van der Waals surface area (Å²) in [5, 5.41) is 76.7. The molecule has 6 amide bonds. The lowest BCUT2D eigenvalue weighted by molar-refractivity contribution is -0.119. The average Bonchev–Trinajstić information content (AvgIpc) is 1.63. The van der Waals surface area contributed by atoms with Crippen LogP contribution < -0.4 is 56.0 Å². The number of nitrogens with one attached hydrogen (secondary N) is 10. The zero-order valence-corrected chi connectivity index (χ0v) is 86.6. The van der Waals surface area contributed by atoms with Crippen molar-refractivity contribution < 1.29 is 57.6 Å². The Bertz CT molecular complexity index is 8360. The number of thioether (sulfide) groups is 1. The number of primary amides is 1. The highest BCUT2D eigenvalue weighted by atomic mass is 32.2. The molecular weight excluding hydrogens is 2010 g/mol. The van der Waals surface area contributed by atoms with Crippen LogP contribution in [0.15, 0.2) is 272 Å². The van der Waals surface area contributed by atoms with Gasteiger partial charge in [-0.3, -0.25) is 54.3 Å². The van der Waals surface area contributed by atoms with Crippen LogP contribution in [0.3, 0.4) is 0 Å². The molecule has 0 unspecified atom stereocenters. The zero-order chi connectivity index (χ0) is 102. The van der Waals surface area contributed by atoms with E-state index >= 15 is 0 Å². The summed E-state index contributed by atoms with van der Waals surface area (Å²) in [6.07, 6.45) is 5.30. The lowest BCUT2D eigenvalue weighted by atomic mass is 10.0. The van der Waals surface area contributed by atoms with Crippen molar-refractivity contribution in [2.75, 3.05) is 73.8 Å². The third kappa shape index (κ3) is 21.3. The lowest BCUT2D eigenvalue weighted by Crippen LogP contribution is -2.42. The molecular formula is C110H95N17O12S8. The summed E-state index contributed by atoms with van der Waals surface area (Å²) >= 11 is 13.3. The third-order valence-corrected chi connectivity index (χ3v) is 32.4. The van der Waals surface area contributed by atoms with Gasteiger partial charge in [0.15, 0.2) is 0 Å². The topological polar surface area (TPSA) is 411 Å². The van der Waals surface area contributed by atoms with Crippen molar-refractivity contribution in [2.45, 2.75) is 31.8 Å². The third-order valence-electron chi connectivity index (χ3n) is 24.4. The Morgan fingerprint density at radius 3 is 0.973 bits per heavy atom. The summed E-state index contributed by atoms with van der Waals surface area (Å²) in [5.74, 6) is 1.52. The van der Waals surface area contributed by atoms with E-state index in [9.17, 15) is 33.9 Å². The summed E-state index contributed by atoms with van der Waals surface area (Å²) in [6, 6.07) is 81.5. The van der Waals surface area contributed by atoms with E-state index in [2.05, 4.69) is 180 Å². The van der Waals surface area contributed by atoms with Crippen LogP contribution in [0, 0.1) is 0 Å². The Morgan fingerprint density at radius 1 is 0.367 bits per heavy atom. The highest BCUT2D eigenvalue weighted by Gasteiger charge is 2.30. The Hall–Kier alpha value is -16.0. The molecule has 13 N–H and O–H groups in total. The number of nitrogens with zero attached hydrogens (tertiary/aromatic N) is 6. The van der Waals surface area contributed by atoms with E-state index in [-0.39, 0.29) is 30.2 Å². The number of amides is 6. The van der Waals surface area contributed by atoms with E-state index < -0.39 is 23.9 Å². The van der Waals surface area contributed by atoms with E-state index in [1.165, 1.54) is 53.9 Å². The minimum absolute atomic E-state index is 0.133. The van der Waals surface area contributed by atoms with Crippen LogP contribution in [0.4, 0.5) is 0 Å². The van der Waals surface area contributed by atoms with Gasteiger partial charge in [0.2, 0.25) is 5.91 Å². The molecule has 12 aromatic heterocycles. The fraction of sp³-hybridized carbons (Fsp3) is 0.145. The minimum atomic E-state index is -0.792. The number of carbonyl (C=O) groups is 6. The van der Waals surface area contributed by atoms with Crippen LogP contribution >= 0.6 is 91.1 Å². The maximum Gasteiger partial charge on any atom is 0.255 e. The highest BCUT2D eigenvalue weighted by molar-refractivity contribution is 7.98. The molecule has 0 radical (unpaired) electrons. The number of aromatic nitrogens is 11. The van der Waals surface area contributed by atoms with Crippen LogP contribution in [-0.2, 0) is 17.6 Å². The van der Waals surface area contributed by atoms with Crippen LogP contribution in [0.1, 0.15) is 80.2 Å². The first-order chi connectivity index (χ1) is 71.9. The molecule has 29 nitrogen and oxygen atoms in total. The fourth-order valence-electron chi connectivity index (χ4n) is 17.2. The normalized spacial score (nSPS) is 11.6. The van der Waals surface area contributed by atoms with Crippen molar-refractivity contribution in [1.29, 1.82) is 0 Å². The molecule has 12 heterocycles. The summed E-state index contributed by atoms with van der Waals surface area (Å²) < 4.78 is 34.3. The molecule has 0 fully saturated rings. The smallest absolute Gasteiger partial charge is 0.255 e. The molecule has 0 aliphatic heterocycles. The number of aromatic amines is 5. The van der Waals surface area contributed by atoms with Gasteiger partial charge in [-0.25, -0.2) is 4.98 Å². The number of fused-ring (bicyclic) bond motifs is 10. The van der Waals surface area contributed by atoms with Crippen molar-refractivity contribution in [3.05, 3.63) is 315 Å². The molecule has 0 spiro atoms. The molecule has 11 aromatic carbocycles. The van der Waals surface area contributed by atoms with Gasteiger partial charge < -0.3 is 61.1 Å². The molecule has 740 valence electrons. The second-order valence-electron chi connectivity index (χ2n) is 33.4. The number of thiazole rings is 1. The van der Waals surface area contributed by atoms with E-state index in [1.807, 2.05) is 132 Å². The predicted molar refractivity (Wildman–Crippen MR) is 596 cm³/mol. The lowest BCUT2D eigenvalue weighted by Gasteiger charge is -2.18. The molecule has 0 bridgehead atoms. The summed E-state index contributed by atoms with van der Waals surface area (Å²) in [4.78, 5) is 86.2. The molecule has 23 aromatic rings. The molecule has 0 aliphatic rings. The number of nitrogens with two attached hydrogens (primary N) is 1. The SMILES string of the molecule is COc1c(C(=O)NCCSC)ccc2n[nH]c(-c3cc4ccccc4s3)c12.COc1c(C(=O)NCCc2cccs2)ccc2n[nH]c(-c3cc4ccccc4s3)c12.COc1c(C(=O)NCCc2nccs2)ccc2n[nH]c(-c3cc4ccccc4s3)c12.COc1c(C(=O)N[C@@H](C)C(N)=O)ccc2n[nH]c(-c3cc4ccccc4s3)c12.COc1c(C(=O)N[C@H](CO)c2ccccc2)ccc2n[nH]c(-c3cc4ccccc4s3)c12. The second-order valence-corrected chi connectivity index (χ2v) is 41.8. The quantitative estimate of drug-likeness (QED) is 0.0194. The summed E-state index contributed by atoms with van der Waals surface area (Å²) in [6.45, 7) is 3.04. The number of ether oxygens (including phenoxy) is 5.